The van der Waals surface area contributed by atoms with Gasteiger partial charge in [0, 0.05) is 17.8 Å². The lowest BCUT2D eigenvalue weighted by molar-refractivity contribution is 0.281. The van der Waals surface area contributed by atoms with Crippen molar-refractivity contribution in [2.75, 3.05) is 12.4 Å². The van der Waals surface area contributed by atoms with Gasteiger partial charge in [-0.05, 0) is 42.0 Å². The molecule has 1 N–H and O–H groups in total. The summed E-state index contributed by atoms with van der Waals surface area (Å²) >= 11 is 17.9. The minimum Gasteiger partial charge on any atom is -0.493 e. The van der Waals surface area contributed by atoms with Crippen LogP contribution in [0.15, 0.2) is 54.6 Å². The fourth-order valence-electron chi connectivity index (χ4n) is 2.61. The van der Waals surface area contributed by atoms with Crippen LogP contribution >= 0.6 is 34.8 Å². The van der Waals surface area contributed by atoms with Gasteiger partial charge in [0.2, 0.25) is 0 Å². The molecular formula is C21H17Cl3FNO2. The minimum absolute atomic E-state index is 0.0618. The number of hydrogen-bond acceptors (Lipinski definition) is 3. The van der Waals surface area contributed by atoms with Crippen molar-refractivity contribution in [2.24, 2.45) is 0 Å². The first-order valence-corrected chi connectivity index (χ1v) is 9.53. The van der Waals surface area contributed by atoms with Gasteiger partial charge in [0.15, 0.2) is 11.5 Å². The van der Waals surface area contributed by atoms with Crippen LogP contribution in [-0.2, 0) is 13.2 Å². The topological polar surface area (TPSA) is 30.5 Å². The summed E-state index contributed by atoms with van der Waals surface area (Å²) < 4.78 is 24.8. The number of nitrogens with one attached hydrogen (secondary N) is 1. The van der Waals surface area contributed by atoms with Crippen LogP contribution in [0.3, 0.4) is 0 Å². The Bertz CT molecular complexity index is 982. The van der Waals surface area contributed by atoms with Crippen LogP contribution in [0, 0.1) is 5.82 Å². The molecule has 0 bridgehead atoms. The molecule has 3 nitrogen and oxygen atoms in total. The number of benzene rings is 3. The van der Waals surface area contributed by atoms with Gasteiger partial charge in [-0.1, -0.05) is 53.0 Å². The van der Waals surface area contributed by atoms with Crippen molar-refractivity contribution < 1.29 is 13.9 Å². The second-order valence-electron chi connectivity index (χ2n) is 5.97. The molecule has 28 heavy (non-hydrogen) atoms. The molecule has 0 unspecified atom stereocenters. The Morgan fingerprint density at radius 2 is 1.75 bits per heavy atom. The molecule has 0 spiro atoms. The van der Waals surface area contributed by atoms with Crippen molar-refractivity contribution >= 4 is 40.5 Å². The average molecular weight is 441 g/mol. The number of halogens is 4. The lowest BCUT2D eigenvalue weighted by Crippen LogP contribution is -2.05. The number of para-hydroxylation sites is 1. The lowest BCUT2D eigenvalue weighted by atomic mass is 10.1. The zero-order valence-corrected chi connectivity index (χ0v) is 17.2. The van der Waals surface area contributed by atoms with Crippen LogP contribution in [0.4, 0.5) is 10.1 Å². The lowest BCUT2D eigenvalue weighted by Gasteiger charge is -2.16. The molecule has 0 saturated carbocycles. The molecule has 0 aliphatic heterocycles. The zero-order chi connectivity index (χ0) is 20.1. The van der Waals surface area contributed by atoms with Gasteiger partial charge in [0.25, 0.3) is 0 Å². The molecule has 0 atom stereocenters. The third-order valence-electron chi connectivity index (χ3n) is 4.05. The van der Waals surface area contributed by atoms with E-state index in [0.29, 0.717) is 40.4 Å². The zero-order valence-electron chi connectivity index (χ0n) is 14.9. The fourth-order valence-corrected chi connectivity index (χ4v) is 3.11. The van der Waals surface area contributed by atoms with Gasteiger partial charge in [0.05, 0.1) is 22.2 Å². The van der Waals surface area contributed by atoms with Gasteiger partial charge in [-0.15, -0.1) is 0 Å². The molecule has 0 aromatic heterocycles. The highest BCUT2D eigenvalue weighted by Gasteiger charge is 2.12. The van der Waals surface area contributed by atoms with Gasteiger partial charge in [-0.2, -0.15) is 0 Å². The monoisotopic (exact) mass is 439 g/mol. The standard InChI is InChI=1S/C21H17Cl3FNO2/c1-27-20-4-2-3-14(11-26-15-6-8-19(25)18(24)10-15)21(20)28-12-13-5-7-16(22)17(23)9-13/h2-10,26H,11-12H2,1H3. The predicted octanol–water partition coefficient (Wildman–Crippen LogP) is 6.99. The molecule has 0 aliphatic rings. The van der Waals surface area contributed by atoms with E-state index in [0.717, 1.165) is 11.1 Å². The van der Waals surface area contributed by atoms with Crippen LogP contribution in [0.5, 0.6) is 11.5 Å². The van der Waals surface area contributed by atoms with E-state index in [4.69, 9.17) is 44.3 Å². The maximum Gasteiger partial charge on any atom is 0.166 e. The predicted molar refractivity (Wildman–Crippen MR) is 113 cm³/mol. The number of ether oxygens (including phenoxy) is 2. The Hall–Kier alpha value is -2.14. The normalized spacial score (nSPS) is 10.6. The molecule has 0 amide bonds. The van der Waals surface area contributed by atoms with E-state index in [1.54, 1.807) is 25.3 Å². The molecule has 0 fully saturated rings. The number of methoxy groups -OCH3 is 1. The minimum atomic E-state index is -0.459. The van der Waals surface area contributed by atoms with E-state index in [1.807, 2.05) is 24.3 Å². The molecular weight excluding hydrogens is 424 g/mol. The van der Waals surface area contributed by atoms with Crippen molar-refractivity contribution in [1.29, 1.82) is 0 Å². The molecule has 146 valence electrons. The molecule has 0 saturated heterocycles. The summed E-state index contributed by atoms with van der Waals surface area (Å²) in [5.74, 6) is 0.757. The van der Waals surface area contributed by atoms with Crippen molar-refractivity contribution in [3.8, 4) is 11.5 Å². The van der Waals surface area contributed by atoms with Crippen molar-refractivity contribution in [2.45, 2.75) is 13.2 Å². The average Bonchev–Trinajstić information content (AvgIpc) is 2.69. The Kier molecular flexibility index (Phi) is 6.89. The molecule has 3 aromatic rings. The Labute approximate surface area is 177 Å². The van der Waals surface area contributed by atoms with Crippen LogP contribution in [0.2, 0.25) is 15.1 Å². The van der Waals surface area contributed by atoms with Gasteiger partial charge in [-0.25, -0.2) is 4.39 Å². The second-order valence-corrected chi connectivity index (χ2v) is 7.19. The van der Waals surface area contributed by atoms with Crippen molar-refractivity contribution in [1.82, 2.24) is 0 Å². The maximum atomic E-state index is 13.3. The molecule has 3 rings (SSSR count). The largest absolute Gasteiger partial charge is 0.493 e. The number of anilines is 1. The summed E-state index contributed by atoms with van der Waals surface area (Å²) in [5, 5.41) is 4.23. The van der Waals surface area contributed by atoms with Gasteiger partial charge >= 0.3 is 0 Å². The third-order valence-corrected chi connectivity index (χ3v) is 5.08. The maximum absolute atomic E-state index is 13.3. The van der Waals surface area contributed by atoms with Gasteiger partial charge < -0.3 is 14.8 Å². The Balaban J connectivity index is 1.77. The Morgan fingerprint density at radius 3 is 2.46 bits per heavy atom. The molecule has 0 radical (unpaired) electrons. The van der Waals surface area contributed by atoms with E-state index in [2.05, 4.69) is 5.32 Å². The van der Waals surface area contributed by atoms with Crippen molar-refractivity contribution in [3.05, 3.63) is 86.6 Å². The van der Waals surface area contributed by atoms with Crippen LogP contribution in [-0.4, -0.2) is 7.11 Å². The van der Waals surface area contributed by atoms with Crippen LogP contribution in [0.1, 0.15) is 11.1 Å². The van der Waals surface area contributed by atoms with Gasteiger partial charge in [-0.3, -0.25) is 0 Å². The Morgan fingerprint density at radius 1 is 0.929 bits per heavy atom. The molecule has 0 aliphatic carbocycles. The first kappa shape index (κ1) is 20.6. The van der Waals surface area contributed by atoms with Crippen LogP contribution < -0.4 is 14.8 Å². The third kappa shape index (κ3) is 5.02. The summed E-state index contributed by atoms with van der Waals surface area (Å²) in [6.07, 6.45) is 0. The summed E-state index contributed by atoms with van der Waals surface area (Å²) in [4.78, 5) is 0. The fraction of sp³-hybridized carbons (Fsp3) is 0.143. The van der Waals surface area contributed by atoms with E-state index < -0.39 is 5.82 Å². The number of rotatable bonds is 7. The highest BCUT2D eigenvalue weighted by molar-refractivity contribution is 6.42. The summed E-state index contributed by atoms with van der Waals surface area (Å²) in [7, 11) is 1.58. The highest BCUT2D eigenvalue weighted by atomic mass is 35.5. The van der Waals surface area contributed by atoms with E-state index in [-0.39, 0.29) is 5.02 Å². The summed E-state index contributed by atoms with van der Waals surface area (Å²) in [6, 6.07) is 15.4. The summed E-state index contributed by atoms with van der Waals surface area (Å²) in [5.41, 5.74) is 2.45. The quantitative estimate of drug-likeness (QED) is 0.429. The SMILES string of the molecule is COc1cccc(CNc2ccc(F)c(Cl)c2)c1OCc1ccc(Cl)c(Cl)c1. The molecule has 7 heteroatoms. The second kappa shape index (κ2) is 9.37. The first-order valence-electron chi connectivity index (χ1n) is 8.39. The number of hydrogen-bond donors (Lipinski definition) is 1. The van der Waals surface area contributed by atoms with Crippen molar-refractivity contribution in [3.63, 3.8) is 0 Å². The smallest absolute Gasteiger partial charge is 0.166 e. The van der Waals surface area contributed by atoms with Crippen LogP contribution in [0.25, 0.3) is 0 Å². The van der Waals surface area contributed by atoms with E-state index >= 15 is 0 Å². The first-order chi connectivity index (χ1) is 13.5. The summed E-state index contributed by atoms with van der Waals surface area (Å²) in [6.45, 7) is 0.739. The van der Waals surface area contributed by atoms with E-state index in [1.165, 1.54) is 12.1 Å². The van der Waals surface area contributed by atoms with E-state index in [9.17, 15) is 4.39 Å². The molecule has 3 aromatic carbocycles. The molecule has 0 heterocycles. The highest BCUT2D eigenvalue weighted by Crippen LogP contribution is 2.33. The van der Waals surface area contributed by atoms with Gasteiger partial charge in [0.1, 0.15) is 12.4 Å².